The van der Waals surface area contributed by atoms with Crippen molar-refractivity contribution in [3.05, 3.63) is 36.0 Å². The minimum absolute atomic E-state index is 0.176. The van der Waals surface area contributed by atoms with Gasteiger partial charge in [0.15, 0.2) is 0 Å². The van der Waals surface area contributed by atoms with E-state index in [1.807, 2.05) is 30.5 Å². The SMILES string of the molecule is CCCN(CCO)Cc1cn[nH]c1-c1ccc(OC)cc1. The van der Waals surface area contributed by atoms with Crippen LogP contribution >= 0.6 is 0 Å². The van der Waals surface area contributed by atoms with Crippen molar-refractivity contribution in [2.24, 2.45) is 0 Å². The van der Waals surface area contributed by atoms with Crippen molar-refractivity contribution in [1.29, 1.82) is 0 Å². The first kappa shape index (κ1) is 15.5. The number of benzene rings is 1. The van der Waals surface area contributed by atoms with E-state index in [1.54, 1.807) is 7.11 Å². The van der Waals surface area contributed by atoms with Crippen LogP contribution < -0.4 is 4.74 Å². The fourth-order valence-electron chi connectivity index (χ4n) is 2.41. The van der Waals surface area contributed by atoms with Crippen molar-refractivity contribution < 1.29 is 9.84 Å². The van der Waals surface area contributed by atoms with Gasteiger partial charge in [-0.15, -0.1) is 0 Å². The molecular formula is C16H23N3O2. The van der Waals surface area contributed by atoms with Crippen LogP contribution in [0.25, 0.3) is 11.3 Å². The Balaban J connectivity index is 2.16. The van der Waals surface area contributed by atoms with E-state index in [4.69, 9.17) is 9.84 Å². The number of H-pyrrole nitrogens is 1. The molecule has 0 aliphatic carbocycles. The molecule has 1 heterocycles. The van der Waals surface area contributed by atoms with Crippen LogP contribution in [0.2, 0.25) is 0 Å². The minimum Gasteiger partial charge on any atom is -0.497 e. The van der Waals surface area contributed by atoms with Crippen molar-refractivity contribution in [3.63, 3.8) is 0 Å². The monoisotopic (exact) mass is 289 g/mol. The largest absolute Gasteiger partial charge is 0.497 e. The Kier molecular flexibility index (Phi) is 5.78. The lowest BCUT2D eigenvalue weighted by Crippen LogP contribution is -2.27. The maximum Gasteiger partial charge on any atom is 0.118 e. The molecule has 0 amide bonds. The zero-order valence-electron chi connectivity index (χ0n) is 12.7. The van der Waals surface area contributed by atoms with E-state index in [-0.39, 0.29) is 6.61 Å². The van der Waals surface area contributed by atoms with E-state index in [0.717, 1.165) is 42.1 Å². The van der Waals surface area contributed by atoms with Crippen LogP contribution in [0.5, 0.6) is 5.75 Å². The molecule has 0 radical (unpaired) electrons. The maximum absolute atomic E-state index is 9.16. The molecule has 114 valence electrons. The molecule has 1 aromatic carbocycles. The topological polar surface area (TPSA) is 61.4 Å². The third-order valence-electron chi connectivity index (χ3n) is 3.45. The Bertz CT molecular complexity index is 531. The van der Waals surface area contributed by atoms with Gasteiger partial charge in [-0.25, -0.2) is 0 Å². The highest BCUT2D eigenvalue weighted by molar-refractivity contribution is 5.63. The predicted octanol–water partition coefficient (Wildman–Crippen LogP) is 2.29. The highest BCUT2D eigenvalue weighted by atomic mass is 16.5. The highest BCUT2D eigenvalue weighted by Gasteiger charge is 2.12. The molecular weight excluding hydrogens is 266 g/mol. The van der Waals surface area contributed by atoms with Crippen LogP contribution in [-0.4, -0.2) is 47.0 Å². The predicted molar refractivity (Wildman–Crippen MR) is 83.2 cm³/mol. The van der Waals surface area contributed by atoms with Crippen LogP contribution in [0.4, 0.5) is 0 Å². The smallest absolute Gasteiger partial charge is 0.118 e. The number of hydrogen-bond donors (Lipinski definition) is 2. The fourth-order valence-corrected chi connectivity index (χ4v) is 2.41. The van der Waals surface area contributed by atoms with E-state index >= 15 is 0 Å². The van der Waals surface area contributed by atoms with E-state index in [0.29, 0.717) is 6.54 Å². The van der Waals surface area contributed by atoms with Gasteiger partial charge in [0.2, 0.25) is 0 Å². The molecule has 2 rings (SSSR count). The lowest BCUT2D eigenvalue weighted by atomic mass is 10.1. The van der Waals surface area contributed by atoms with Gasteiger partial charge in [-0.2, -0.15) is 5.10 Å². The summed E-state index contributed by atoms with van der Waals surface area (Å²) >= 11 is 0. The summed E-state index contributed by atoms with van der Waals surface area (Å²) < 4.78 is 5.18. The first-order valence-corrected chi connectivity index (χ1v) is 7.28. The molecule has 0 saturated heterocycles. The number of hydrogen-bond acceptors (Lipinski definition) is 4. The number of aliphatic hydroxyl groups is 1. The van der Waals surface area contributed by atoms with Crippen LogP contribution in [0.3, 0.4) is 0 Å². The number of rotatable bonds is 8. The van der Waals surface area contributed by atoms with Crippen molar-refractivity contribution in [3.8, 4) is 17.0 Å². The molecule has 0 fully saturated rings. The first-order valence-electron chi connectivity index (χ1n) is 7.28. The van der Waals surface area contributed by atoms with Crippen LogP contribution in [0.1, 0.15) is 18.9 Å². The lowest BCUT2D eigenvalue weighted by Gasteiger charge is -2.20. The van der Waals surface area contributed by atoms with Gasteiger partial charge < -0.3 is 9.84 Å². The molecule has 1 aromatic heterocycles. The number of nitrogens with zero attached hydrogens (tertiary/aromatic N) is 2. The summed E-state index contributed by atoms with van der Waals surface area (Å²) in [6.07, 6.45) is 2.93. The van der Waals surface area contributed by atoms with Crippen molar-refractivity contribution in [2.75, 3.05) is 26.8 Å². The molecule has 0 spiro atoms. The quantitative estimate of drug-likeness (QED) is 0.783. The minimum atomic E-state index is 0.176. The second-order valence-electron chi connectivity index (χ2n) is 5.00. The molecule has 0 aliphatic rings. The van der Waals surface area contributed by atoms with Gasteiger partial charge in [0.25, 0.3) is 0 Å². The molecule has 2 aromatic rings. The van der Waals surface area contributed by atoms with Gasteiger partial charge in [0.05, 0.1) is 25.6 Å². The highest BCUT2D eigenvalue weighted by Crippen LogP contribution is 2.24. The molecule has 0 aliphatic heterocycles. The number of methoxy groups -OCH3 is 1. The molecule has 5 heteroatoms. The summed E-state index contributed by atoms with van der Waals surface area (Å²) in [6.45, 7) is 4.75. The van der Waals surface area contributed by atoms with Crippen molar-refractivity contribution in [2.45, 2.75) is 19.9 Å². The summed E-state index contributed by atoms with van der Waals surface area (Å²) in [4.78, 5) is 2.23. The second kappa shape index (κ2) is 7.81. The van der Waals surface area contributed by atoms with E-state index in [1.165, 1.54) is 0 Å². The average Bonchev–Trinajstić information content (AvgIpc) is 2.96. The third-order valence-corrected chi connectivity index (χ3v) is 3.45. The van der Waals surface area contributed by atoms with Gasteiger partial charge in [0, 0.05) is 24.2 Å². The third kappa shape index (κ3) is 4.06. The molecule has 2 N–H and O–H groups in total. The normalized spacial score (nSPS) is 11.0. The number of ether oxygens (including phenoxy) is 1. The summed E-state index contributed by atoms with van der Waals surface area (Å²) in [6, 6.07) is 7.92. The average molecular weight is 289 g/mol. The molecule has 0 bridgehead atoms. The Morgan fingerprint density at radius 3 is 2.62 bits per heavy atom. The number of nitrogens with one attached hydrogen (secondary N) is 1. The van der Waals surface area contributed by atoms with Crippen LogP contribution in [-0.2, 0) is 6.54 Å². The second-order valence-corrected chi connectivity index (χ2v) is 5.00. The maximum atomic E-state index is 9.16. The van der Waals surface area contributed by atoms with Gasteiger partial charge >= 0.3 is 0 Å². The Labute approximate surface area is 125 Å². The first-order chi connectivity index (χ1) is 10.3. The number of aliphatic hydroxyl groups excluding tert-OH is 1. The summed E-state index contributed by atoms with van der Waals surface area (Å²) in [5, 5.41) is 16.4. The zero-order chi connectivity index (χ0) is 15.1. The molecule has 5 nitrogen and oxygen atoms in total. The van der Waals surface area contributed by atoms with Gasteiger partial charge in [-0.3, -0.25) is 10.00 Å². The number of aromatic nitrogens is 2. The molecule has 0 saturated carbocycles. The Morgan fingerprint density at radius 2 is 2.00 bits per heavy atom. The Morgan fingerprint density at radius 1 is 1.24 bits per heavy atom. The van der Waals surface area contributed by atoms with Crippen LogP contribution in [0.15, 0.2) is 30.5 Å². The van der Waals surface area contributed by atoms with E-state index in [9.17, 15) is 0 Å². The van der Waals surface area contributed by atoms with Crippen LogP contribution in [0, 0.1) is 0 Å². The summed E-state index contributed by atoms with van der Waals surface area (Å²) in [5.41, 5.74) is 3.25. The Hall–Kier alpha value is -1.85. The van der Waals surface area contributed by atoms with Crippen molar-refractivity contribution >= 4 is 0 Å². The molecule has 0 unspecified atom stereocenters. The van der Waals surface area contributed by atoms with Gasteiger partial charge in [-0.1, -0.05) is 6.92 Å². The van der Waals surface area contributed by atoms with Crippen molar-refractivity contribution in [1.82, 2.24) is 15.1 Å². The standard InChI is InChI=1S/C16H23N3O2/c1-3-8-19(9-10-20)12-14-11-17-18-16(14)13-4-6-15(21-2)7-5-13/h4-7,11,20H,3,8-10,12H2,1-2H3,(H,17,18). The van der Waals surface area contributed by atoms with Gasteiger partial charge in [0.1, 0.15) is 5.75 Å². The van der Waals surface area contributed by atoms with Gasteiger partial charge in [-0.05, 0) is 37.2 Å². The molecule has 0 atom stereocenters. The number of aromatic amines is 1. The lowest BCUT2D eigenvalue weighted by molar-refractivity contribution is 0.190. The summed E-state index contributed by atoms with van der Waals surface area (Å²) in [5.74, 6) is 0.840. The van der Waals surface area contributed by atoms with E-state index in [2.05, 4.69) is 22.0 Å². The summed E-state index contributed by atoms with van der Waals surface area (Å²) in [7, 11) is 1.66. The fraction of sp³-hybridized carbons (Fsp3) is 0.438. The molecule has 21 heavy (non-hydrogen) atoms. The zero-order valence-corrected chi connectivity index (χ0v) is 12.7. The van der Waals surface area contributed by atoms with E-state index < -0.39 is 0 Å².